The SMILES string of the molecule is Cc1nc(N(C)C(=O)NC(=O)c2c(F)cccc2F)sc1C(=O)N/N=C/c1cccc(C(F)(F)F)c1. The summed E-state index contributed by atoms with van der Waals surface area (Å²) in [7, 11) is 1.21. The Labute approximate surface area is 204 Å². The molecular formula is C22H16F5N5O3S. The molecule has 0 aliphatic rings. The van der Waals surface area contributed by atoms with E-state index in [-0.39, 0.29) is 21.3 Å². The molecule has 0 spiro atoms. The van der Waals surface area contributed by atoms with Gasteiger partial charge in [-0.1, -0.05) is 29.5 Å². The Morgan fingerprint density at radius 2 is 1.69 bits per heavy atom. The number of carbonyl (C=O) groups excluding carboxylic acids is 3. The summed E-state index contributed by atoms with van der Waals surface area (Å²) in [6.07, 6.45) is -3.51. The van der Waals surface area contributed by atoms with Crippen molar-refractivity contribution < 1.29 is 36.3 Å². The number of benzene rings is 2. The van der Waals surface area contributed by atoms with Crippen LogP contribution in [0.2, 0.25) is 0 Å². The summed E-state index contributed by atoms with van der Waals surface area (Å²) in [5, 5.41) is 5.44. The van der Waals surface area contributed by atoms with Crippen molar-refractivity contribution in [2.45, 2.75) is 13.1 Å². The molecule has 0 unspecified atom stereocenters. The summed E-state index contributed by atoms with van der Waals surface area (Å²) in [6.45, 7) is 1.46. The number of hydrogen-bond acceptors (Lipinski definition) is 6. The number of urea groups is 1. The predicted molar refractivity (Wildman–Crippen MR) is 121 cm³/mol. The topological polar surface area (TPSA) is 104 Å². The number of rotatable bonds is 5. The maximum Gasteiger partial charge on any atom is 0.416 e. The molecule has 2 aromatic carbocycles. The van der Waals surface area contributed by atoms with Gasteiger partial charge in [0.15, 0.2) is 5.13 Å². The first kappa shape index (κ1) is 26.4. The normalized spacial score (nSPS) is 11.4. The summed E-state index contributed by atoms with van der Waals surface area (Å²) in [4.78, 5) is 41.9. The van der Waals surface area contributed by atoms with Gasteiger partial charge < -0.3 is 0 Å². The van der Waals surface area contributed by atoms with Crippen LogP contribution in [0.4, 0.5) is 31.9 Å². The van der Waals surface area contributed by atoms with Crippen molar-refractivity contribution in [2.24, 2.45) is 5.10 Å². The first-order chi connectivity index (χ1) is 16.9. The third-order valence-electron chi connectivity index (χ3n) is 4.59. The molecule has 0 aliphatic carbocycles. The zero-order valence-corrected chi connectivity index (χ0v) is 19.3. The molecule has 0 radical (unpaired) electrons. The number of amides is 4. The van der Waals surface area contributed by atoms with Crippen LogP contribution in [0.3, 0.4) is 0 Å². The van der Waals surface area contributed by atoms with Crippen molar-refractivity contribution in [1.29, 1.82) is 0 Å². The first-order valence-electron chi connectivity index (χ1n) is 9.89. The van der Waals surface area contributed by atoms with Gasteiger partial charge in [-0.15, -0.1) is 0 Å². The van der Waals surface area contributed by atoms with Gasteiger partial charge in [-0.25, -0.2) is 24.0 Å². The molecule has 0 fully saturated rings. The molecule has 14 heteroatoms. The lowest BCUT2D eigenvalue weighted by molar-refractivity contribution is -0.137. The van der Waals surface area contributed by atoms with E-state index in [1.807, 2.05) is 5.32 Å². The zero-order valence-electron chi connectivity index (χ0n) is 18.5. The van der Waals surface area contributed by atoms with Crippen LogP contribution >= 0.6 is 11.3 Å². The highest BCUT2D eigenvalue weighted by Crippen LogP contribution is 2.29. The van der Waals surface area contributed by atoms with Crippen molar-refractivity contribution in [2.75, 3.05) is 11.9 Å². The van der Waals surface area contributed by atoms with Gasteiger partial charge >= 0.3 is 12.2 Å². The summed E-state index contributed by atoms with van der Waals surface area (Å²) in [6, 6.07) is 6.02. The summed E-state index contributed by atoms with van der Waals surface area (Å²) in [5.41, 5.74) is 0.628. The summed E-state index contributed by atoms with van der Waals surface area (Å²) >= 11 is 0.745. The lowest BCUT2D eigenvalue weighted by Crippen LogP contribution is -2.41. The average Bonchev–Trinajstić information content (AvgIpc) is 3.19. The highest BCUT2D eigenvalue weighted by molar-refractivity contribution is 7.17. The molecule has 1 heterocycles. The van der Waals surface area contributed by atoms with Crippen LogP contribution in [0.5, 0.6) is 0 Å². The van der Waals surface area contributed by atoms with E-state index in [4.69, 9.17) is 0 Å². The molecule has 0 aliphatic heterocycles. The molecule has 8 nitrogen and oxygen atoms in total. The van der Waals surface area contributed by atoms with Crippen molar-refractivity contribution in [3.63, 3.8) is 0 Å². The van der Waals surface area contributed by atoms with E-state index in [1.54, 1.807) is 0 Å². The van der Waals surface area contributed by atoms with Gasteiger partial charge in [-0.2, -0.15) is 18.3 Å². The highest BCUT2D eigenvalue weighted by Gasteiger charge is 2.30. The van der Waals surface area contributed by atoms with Crippen LogP contribution in [0.15, 0.2) is 47.6 Å². The van der Waals surface area contributed by atoms with Gasteiger partial charge in [0.2, 0.25) is 0 Å². The number of aromatic nitrogens is 1. The number of imide groups is 1. The summed E-state index contributed by atoms with van der Waals surface area (Å²) < 4.78 is 65.9. The highest BCUT2D eigenvalue weighted by atomic mass is 32.1. The maximum atomic E-state index is 13.8. The lowest BCUT2D eigenvalue weighted by Gasteiger charge is -2.14. The van der Waals surface area contributed by atoms with Crippen LogP contribution in [0.1, 0.15) is 36.9 Å². The van der Waals surface area contributed by atoms with Gasteiger partial charge in [0.1, 0.15) is 22.1 Å². The number of nitrogens with one attached hydrogen (secondary N) is 2. The predicted octanol–water partition coefficient (Wildman–Crippen LogP) is 4.50. The third kappa shape index (κ3) is 6.07. The van der Waals surface area contributed by atoms with Crippen molar-refractivity contribution in [1.82, 2.24) is 15.7 Å². The Morgan fingerprint density at radius 1 is 1.06 bits per heavy atom. The lowest BCUT2D eigenvalue weighted by atomic mass is 10.1. The molecule has 0 saturated carbocycles. The number of carbonyl (C=O) groups is 3. The standard InChI is InChI=1S/C22H16F5N5O3S/c1-11-17(19(34)31-28-10-12-5-3-6-13(9-12)22(25,26)27)36-21(29-11)32(2)20(35)30-18(33)16-14(23)7-4-8-15(16)24/h3-10H,1-2H3,(H,31,34)(H,30,33,35)/b28-10+. The van der Waals surface area contributed by atoms with Crippen LogP contribution in [0.25, 0.3) is 0 Å². The molecule has 0 atom stereocenters. The van der Waals surface area contributed by atoms with E-state index in [2.05, 4.69) is 15.5 Å². The molecule has 2 N–H and O–H groups in total. The molecule has 4 amide bonds. The van der Waals surface area contributed by atoms with Crippen LogP contribution in [-0.4, -0.2) is 36.1 Å². The number of thiazole rings is 1. The molecule has 3 rings (SSSR count). The minimum atomic E-state index is -4.53. The van der Waals surface area contributed by atoms with Gasteiger partial charge in [0, 0.05) is 7.05 Å². The number of hydrazone groups is 1. The molecule has 188 valence electrons. The van der Waals surface area contributed by atoms with Crippen LogP contribution < -0.4 is 15.6 Å². The van der Waals surface area contributed by atoms with Gasteiger partial charge in [-0.3, -0.25) is 19.8 Å². The molecule has 1 aromatic heterocycles. The smallest absolute Gasteiger partial charge is 0.273 e. The van der Waals surface area contributed by atoms with Gasteiger partial charge in [-0.05, 0) is 36.8 Å². The molecular weight excluding hydrogens is 509 g/mol. The average molecular weight is 525 g/mol. The number of nitrogens with zero attached hydrogens (tertiary/aromatic N) is 3. The van der Waals surface area contributed by atoms with E-state index < -0.39 is 46.8 Å². The number of halogens is 5. The first-order valence-corrected chi connectivity index (χ1v) is 10.7. The van der Waals surface area contributed by atoms with Crippen molar-refractivity contribution in [3.8, 4) is 0 Å². The quantitative estimate of drug-likeness (QED) is 0.291. The largest absolute Gasteiger partial charge is 0.416 e. The molecule has 36 heavy (non-hydrogen) atoms. The number of hydrogen-bond donors (Lipinski definition) is 2. The minimum Gasteiger partial charge on any atom is -0.273 e. The third-order valence-corrected chi connectivity index (χ3v) is 5.82. The van der Waals surface area contributed by atoms with Crippen LogP contribution in [-0.2, 0) is 6.18 Å². The van der Waals surface area contributed by atoms with E-state index in [0.29, 0.717) is 0 Å². The summed E-state index contributed by atoms with van der Waals surface area (Å²) in [5.74, 6) is -4.37. The number of aryl methyl sites for hydroxylation is 1. The van der Waals surface area contributed by atoms with Crippen molar-refractivity contribution in [3.05, 3.63) is 81.4 Å². The Hall–Kier alpha value is -4.20. The van der Waals surface area contributed by atoms with E-state index in [9.17, 15) is 36.3 Å². The Balaban J connectivity index is 1.67. The molecule has 0 saturated heterocycles. The number of alkyl halides is 3. The van der Waals surface area contributed by atoms with Gasteiger partial charge in [0.05, 0.1) is 17.5 Å². The number of anilines is 1. The van der Waals surface area contributed by atoms with Crippen molar-refractivity contribution >= 4 is 40.5 Å². The van der Waals surface area contributed by atoms with Crippen LogP contribution in [0, 0.1) is 18.6 Å². The maximum absolute atomic E-state index is 13.8. The minimum absolute atomic E-state index is 0.0253. The monoisotopic (exact) mass is 525 g/mol. The fourth-order valence-corrected chi connectivity index (χ4v) is 3.71. The van der Waals surface area contributed by atoms with E-state index in [1.165, 1.54) is 26.1 Å². The van der Waals surface area contributed by atoms with Gasteiger partial charge in [0.25, 0.3) is 11.8 Å². The zero-order chi connectivity index (χ0) is 26.6. The Morgan fingerprint density at radius 3 is 2.33 bits per heavy atom. The second-order valence-corrected chi connectivity index (χ2v) is 8.13. The fourth-order valence-electron chi connectivity index (χ4n) is 2.79. The Kier molecular flexibility index (Phi) is 7.77. The molecule has 0 bridgehead atoms. The Bertz CT molecular complexity index is 1340. The van der Waals surface area contributed by atoms with E-state index in [0.717, 1.165) is 52.8 Å². The second kappa shape index (κ2) is 10.6. The fraction of sp³-hybridized carbons (Fsp3) is 0.136. The molecule has 3 aromatic rings. The second-order valence-electron chi connectivity index (χ2n) is 7.15. The van der Waals surface area contributed by atoms with E-state index >= 15 is 0 Å².